The van der Waals surface area contributed by atoms with Gasteiger partial charge in [0.15, 0.2) is 0 Å². The Labute approximate surface area is 179 Å². The lowest BCUT2D eigenvalue weighted by Crippen LogP contribution is -2.40. The molecule has 2 aliphatic rings. The van der Waals surface area contributed by atoms with Crippen LogP contribution in [0.2, 0.25) is 0 Å². The van der Waals surface area contributed by atoms with Crippen LogP contribution in [0.3, 0.4) is 0 Å². The van der Waals surface area contributed by atoms with E-state index in [1.165, 1.54) is 0 Å². The highest BCUT2D eigenvalue weighted by atomic mass is 16.3. The largest absolute Gasteiger partial charge is 0.391 e. The molecule has 2 atom stereocenters. The minimum atomic E-state index is -0.335. The normalized spacial score (nSPS) is 22.1. The highest BCUT2D eigenvalue weighted by Crippen LogP contribution is 2.23. The van der Waals surface area contributed by atoms with Crippen molar-refractivity contribution in [1.29, 1.82) is 5.26 Å². The quantitative estimate of drug-likeness (QED) is 0.677. The predicted molar refractivity (Wildman–Crippen MR) is 115 cm³/mol. The number of aliphatic hydroxyl groups excluding tert-OH is 1. The molecule has 0 saturated carbocycles. The molecular formula is C22H25N7O2. The second-order valence-electron chi connectivity index (χ2n) is 8.42. The zero-order chi connectivity index (χ0) is 21.4. The van der Waals surface area contributed by atoms with E-state index < -0.39 is 0 Å². The summed E-state index contributed by atoms with van der Waals surface area (Å²) in [6.45, 7) is 3.68. The fraction of sp³-hybridized carbons (Fsp3) is 0.455. The van der Waals surface area contributed by atoms with Gasteiger partial charge < -0.3 is 14.4 Å². The third kappa shape index (κ3) is 3.92. The average molecular weight is 419 g/mol. The smallest absolute Gasteiger partial charge is 0.269 e. The minimum Gasteiger partial charge on any atom is -0.391 e. The Kier molecular flexibility index (Phi) is 5.18. The predicted octanol–water partition coefficient (Wildman–Crippen LogP) is 1.17. The molecule has 0 aliphatic carbocycles. The Balaban J connectivity index is 1.32. The van der Waals surface area contributed by atoms with E-state index in [0.717, 1.165) is 55.9 Å². The SMILES string of the molecule is N#Cc1ccc2ncc(CN3CCC[C@@H](n4ncc(N5CC[C@H](O)C5)cc4=O)C3)n2c1. The number of imidazole rings is 1. The second kappa shape index (κ2) is 8.13. The Morgan fingerprint density at radius 3 is 2.87 bits per heavy atom. The number of piperidine rings is 1. The maximum absolute atomic E-state index is 12.8. The van der Waals surface area contributed by atoms with Gasteiger partial charge in [-0.2, -0.15) is 10.4 Å². The Morgan fingerprint density at radius 2 is 2.10 bits per heavy atom. The van der Waals surface area contributed by atoms with Crippen LogP contribution in [-0.4, -0.2) is 61.5 Å². The molecule has 2 aliphatic heterocycles. The molecule has 31 heavy (non-hydrogen) atoms. The molecule has 0 spiro atoms. The Bertz CT molecular complexity index is 1190. The van der Waals surface area contributed by atoms with Crippen molar-refractivity contribution in [3.63, 3.8) is 0 Å². The second-order valence-corrected chi connectivity index (χ2v) is 8.42. The van der Waals surface area contributed by atoms with E-state index in [0.29, 0.717) is 18.7 Å². The summed E-state index contributed by atoms with van der Waals surface area (Å²) in [4.78, 5) is 21.6. The van der Waals surface area contributed by atoms with Gasteiger partial charge in [0.05, 0.1) is 41.5 Å². The lowest BCUT2D eigenvalue weighted by atomic mass is 10.1. The van der Waals surface area contributed by atoms with E-state index >= 15 is 0 Å². The number of anilines is 1. The van der Waals surface area contributed by atoms with Gasteiger partial charge in [-0.3, -0.25) is 9.69 Å². The van der Waals surface area contributed by atoms with Gasteiger partial charge in [0.25, 0.3) is 5.56 Å². The van der Waals surface area contributed by atoms with Crippen LogP contribution in [0.5, 0.6) is 0 Å². The van der Waals surface area contributed by atoms with Crippen molar-refractivity contribution in [2.45, 2.75) is 38.0 Å². The summed E-state index contributed by atoms with van der Waals surface area (Å²) in [5.74, 6) is 0. The van der Waals surface area contributed by atoms with Gasteiger partial charge in [0, 0.05) is 38.4 Å². The minimum absolute atomic E-state index is 0.0216. The molecule has 9 heteroatoms. The Morgan fingerprint density at radius 1 is 1.19 bits per heavy atom. The number of nitrogens with zero attached hydrogens (tertiary/aromatic N) is 7. The lowest BCUT2D eigenvalue weighted by molar-refractivity contribution is 0.158. The van der Waals surface area contributed by atoms with Crippen LogP contribution in [0, 0.1) is 11.3 Å². The third-order valence-corrected chi connectivity index (χ3v) is 6.26. The van der Waals surface area contributed by atoms with Crippen molar-refractivity contribution in [2.75, 3.05) is 31.1 Å². The number of rotatable bonds is 4. The van der Waals surface area contributed by atoms with Crippen LogP contribution >= 0.6 is 0 Å². The number of aromatic nitrogens is 4. The lowest BCUT2D eigenvalue weighted by Gasteiger charge is -2.33. The van der Waals surface area contributed by atoms with Crippen molar-refractivity contribution >= 4 is 11.3 Å². The zero-order valence-electron chi connectivity index (χ0n) is 17.3. The molecule has 0 amide bonds. The molecule has 5 rings (SSSR count). The number of nitriles is 1. The van der Waals surface area contributed by atoms with E-state index in [4.69, 9.17) is 0 Å². The van der Waals surface area contributed by atoms with E-state index in [1.807, 2.05) is 27.8 Å². The highest BCUT2D eigenvalue weighted by Gasteiger charge is 2.25. The number of hydrogen-bond donors (Lipinski definition) is 1. The first-order valence-corrected chi connectivity index (χ1v) is 10.7. The molecule has 3 aromatic heterocycles. The maximum atomic E-state index is 12.8. The van der Waals surface area contributed by atoms with Crippen molar-refractivity contribution in [2.24, 2.45) is 0 Å². The molecule has 2 saturated heterocycles. The van der Waals surface area contributed by atoms with Gasteiger partial charge in [0.2, 0.25) is 0 Å². The summed E-state index contributed by atoms with van der Waals surface area (Å²) < 4.78 is 3.57. The third-order valence-electron chi connectivity index (χ3n) is 6.26. The van der Waals surface area contributed by atoms with Crippen LogP contribution in [0.25, 0.3) is 5.65 Å². The number of likely N-dealkylation sites (tertiary alicyclic amines) is 1. The first-order valence-electron chi connectivity index (χ1n) is 10.7. The topological polar surface area (TPSA) is 103 Å². The van der Waals surface area contributed by atoms with Gasteiger partial charge in [-0.05, 0) is 37.9 Å². The van der Waals surface area contributed by atoms with Crippen molar-refractivity contribution in [1.82, 2.24) is 24.1 Å². The summed E-state index contributed by atoms with van der Waals surface area (Å²) in [5.41, 5.74) is 3.13. The molecule has 160 valence electrons. The van der Waals surface area contributed by atoms with Gasteiger partial charge in [-0.15, -0.1) is 0 Å². The summed E-state index contributed by atoms with van der Waals surface area (Å²) in [5, 5.41) is 23.4. The zero-order valence-corrected chi connectivity index (χ0v) is 17.3. The van der Waals surface area contributed by atoms with Crippen LogP contribution in [-0.2, 0) is 6.54 Å². The molecular weight excluding hydrogens is 394 g/mol. The molecule has 0 unspecified atom stereocenters. The van der Waals surface area contributed by atoms with Crippen molar-refractivity contribution in [3.05, 3.63) is 58.4 Å². The van der Waals surface area contributed by atoms with Gasteiger partial charge in [-0.25, -0.2) is 9.67 Å². The molecule has 2 fully saturated rings. The first-order chi connectivity index (χ1) is 15.1. The summed E-state index contributed by atoms with van der Waals surface area (Å²) >= 11 is 0. The average Bonchev–Trinajstić information content (AvgIpc) is 3.40. The standard InChI is InChI=1S/C22H25N7O2/c23-9-16-3-4-21-24-10-19(28(21)12-16)14-26-6-1-2-17(13-26)29-22(31)8-18(11-25-29)27-7-5-20(30)15-27/h3-4,8,10-12,17,20,30H,1-2,5-7,13-15H2/t17-,20+/m1/s1. The number of aliphatic hydroxyl groups is 1. The first kappa shape index (κ1) is 19.7. The fourth-order valence-electron chi connectivity index (χ4n) is 4.65. The molecule has 0 radical (unpaired) electrons. The molecule has 3 aromatic rings. The van der Waals surface area contributed by atoms with E-state index in [-0.39, 0.29) is 17.7 Å². The number of pyridine rings is 1. The van der Waals surface area contributed by atoms with Crippen LogP contribution < -0.4 is 10.5 Å². The van der Waals surface area contributed by atoms with Crippen LogP contribution in [0.1, 0.15) is 36.6 Å². The van der Waals surface area contributed by atoms with Crippen molar-refractivity contribution < 1.29 is 5.11 Å². The molecule has 1 N–H and O–H groups in total. The van der Waals surface area contributed by atoms with Gasteiger partial charge >= 0.3 is 0 Å². The maximum Gasteiger partial charge on any atom is 0.269 e. The number of fused-ring (bicyclic) bond motifs is 1. The molecule has 0 aromatic carbocycles. The Hall–Kier alpha value is -3.22. The van der Waals surface area contributed by atoms with Gasteiger partial charge in [-0.1, -0.05) is 0 Å². The van der Waals surface area contributed by atoms with E-state index in [1.54, 1.807) is 23.0 Å². The highest BCUT2D eigenvalue weighted by molar-refractivity contribution is 5.45. The van der Waals surface area contributed by atoms with E-state index in [9.17, 15) is 15.2 Å². The monoisotopic (exact) mass is 419 g/mol. The molecule has 9 nitrogen and oxygen atoms in total. The number of β-amino-alcohol motifs (C(OH)–C–C–N with tert-alkyl or cyclic N) is 1. The van der Waals surface area contributed by atoms with E-state index in [2.05, 4.69) is 21.1 Å². The van der Waals surface area contributed by atoms with Crippen LogP contribution in [0.15, 0.2) is 41.6 Å². The molecule has 5 heterocycles. The van der Waals surface area contributed by atoms with Gasteiger partial charge in [0.1, 0.15) is 11.7 Å². The summed E-state index contributed by atoms with van der Waals surface area (Å²) in [7, 11) is 0. The van der Waals surface area contributed by atoms with Crippen molar-refractivity contribution in [3.8, 4) is 6.07 Å². The fourth-order valence-corrected chi connectivity index (χ4v) is 4.65. The number of hydrogen-bond acceptors (Lipinski definition) is 7. The van der Waals surface area contributed by atoms with Crippen LogP contribution in [0.4, 0.5) is 5.69 Å². The molecule has 0 bridgehead atoms. The summed E-state index contributed by atoms with van der Waals surface area (Å²) in [6, 6.07) is 7.46. The summed E-state index contributed by atoms with van der Waals surface area (Å²) in [6.07, 6.45) is 7.70.